The first kappa shape index (κ1) is 32.6. The molecule has 7 aromatic rings. The number of anilines is 4. The summed E-state index contributed by atoms with van der Waals surface area (Å²) in [5.41, 5.74) is 10.9. The van der Waals surface area contributed by atoms with E-state index in [1.54, 1.807) is 0 Å². The first-order valence-corrected chi connectivity index (χ1v) is 16.7. The van der Waals surface area contributed by atoms with Crippen LogP contribution in [0.1, 0.15) is 63.8 Å². The number of aryl methyl sites for hydroxylation is 2. The standard InChI is InChI=1S/C40H42N8O2/c1-23-17-29(39(3,4)5)37(49)35(19-23)47-43-31-15-13-27(21-33(31)45-47)41-25-9-11-26(12-10-25)42-28-14-16-32-34(22-28)46-48(44-32)36-20-24(2)18-30(38(36)50)40(6,7)8/h9-22,41-42,49-50H,1-8H3. The number of aromatic nitrogens is 6. The van der Waals surface area contributed by atoms with Gasteiger partial charge in [0.15, 0.2) is 0 Å². The van der Waals surface area contributed by atoms with Crippen molar-refractivity contribution in [2.45, 2.75) is 66.2 Å². The number of rotatable bonds is 6. The van der Waals surface area contributed by atoms with E-state index in [0.29, 0.717) is 22.4 Å². The lowest BCUT2D eigenvalue weighted by Crippen LogP contribution is -2.13. The number of phenols is 2. The second-order valence-electron chi connectivity index (χ2n) is 15.1. The lowest BCUT2D eigenvalue weighted by atomic mass is 9.85. The Morgan fingerprint density at radius 1 is 0.460 bits per heavy atom. The van der Waals surface area contributed by atoms with Gasteiger partial charge in [-0.05, 0) is 109 Å². The number of fused-ring (bicyclic) bond motifs is 2. The molecule has 0 saturated heterocycles. The van der Waals surface area contributed by atoms with Crippen LogP contribution in [0, 0.1) is 13.8 Å². The average Bonchev–Trinajstić information content (AvgIpc) is 3.66. The lowest BCUT2D eigenvalue weighted by molar-refractivity contribution is 0.439. The highest BCUT2D eigenvalue weighted by Gasteiger charge is 2.24. The van der Waals surface area contributed by atoms with Crippen LogP contribution in [0.25, 0.3) is 33.4 Å². The van der Waals surface area contributed by atoms with Crippen molar-refractivity contribution < 1.29 is 10.2 Å². The molecule has 0 atom stereocenters. The monoisotopic (exact) mass is 666 g/mol. The SMILES string of the molecule is Cc1cc(-n2nc3ccc(Nc4ccc(Nc5ccc6nn(-c7cc(C)cc(C(C)(C)C)c7O)nc6c5)cc4)cc3n2)c(O)c(C(C)(C)C)c1. The van der Waals surface area contributed by atoms with Gasteiger partial charge in [0.05, 0.1) is 0 Å². The Labute approximate surface area is 291 Å². The van der Waals surface area contributed by atoms with Gasteiger partial charge in [0.25, 0.3) is 0 Å². The molecule has 0 radical (unpaired) electrons. The zero-order valence-electron chi connectivity index (χ0n) is 29.7. The van der Waals surface area contributed by atoms with Crippen molar-refractivity contribution in [2.75, 3.05) is 10.6 Å². The minimum Gasteiger partial charge on any atom is -0.505 e. The van der Waals surface area contributed by atoms with Crippen LogP contribution in [0.5, 0.6) is 11.5 Å². The molecule has 0 aliphatic heterocycles. The van der Waals surface area contributed by atoms with Crippen molar-refractivity contribution in [1.29, 1.82) is 0 Å². The summed E-state index contributed by atoms with van der Waals surface area (Å²) in [7, 11) is 0. The fourth-order valence-corrected chi connectivity index (χ4v) is 6.14. The zero-order valence-corrected chi connectivity index (χ0v) is 29.7. The quantitative estimate of drug-likeness (QED) is 0.138. The van der Waals surface area contributed by atoms with E-state index in [0.717, 1.165) is 56.0 Å². The molecule has 10 heteroatoms. The summed E-state index contributed by atoms with van der Waals surface area (Å²) >= 11 is 0. The van der Waals surface area contributed by atoms with Crippen molar-refractivity contribution in [3.8, 4) is 22.9 Å². The van der Waals surface area contributed by atoms with Gasteiger partial charge in [-0.3, -0.25) is 0 Å². The first-order valence-electron chi connectivity index (χ1n) is 16.7. The summed E-state index contributed by atoms with van der Waals surface area (Å²) in [5, 5.41) is 47.8. The molecule has 50 heavy (non-hydrogen) atoms. The Morgan fingerprint density at radius 2 is 0.800 bits per heavy atom. The van der Waals surface area contributed by atoms with Crippen molar-refractivity contribution in [3.63, 3.8) is 0 Å². The van der Waals surface area contributed by atoms with Crippen molar-refractivity contribution in [2.24, 2.45) is 0 Å². The van der Waals surface area contributed by atoms with Crippen LogP contribution in [0.15, 0.2) is 84.9 Å². The Morgan fingerprint density at radius 3 is 1.16 bits per heavy atom. The molecule has 0 spiro atoms. The predicted octanol–water partition coefficient (Wildman–Crippen LogP) is 9.26. The van der Waals surface area contributed by atoms with Crippen LogP contribution in [0.2, 0.25) is 0 Å². The van der Waals surface area contributed by atoms with Crippen LogP contribution >= 0.6 is 0 Å². The van der Waals surface area contributed by atoms with E-state index in [1.807, 2.05) is 98.8 Å². The first-order chi connectivity index (χ1) is 23.6. The van der Waals surface area contributed by atoms with E-state index in [4.69, 9.17) is 10.2 Å². The highest BCUT2D eigenvalue weighted by Crippen LogP contribution is 2.38. The maximum absolute atomic E-state index is 11.1. The molecule has 2 aromatic heterocycles. The largest absolute Gasteiger partial charge is 0.505 e. The summed E-state index contributed by atoms with van der Waals surface area (Å²) < 4.78 is 0. The molecular weight excluding hydrogens is 624 g/mol. The van der Waals surface area contributed by atoms with Gasteiger partial charge in [0, 0.05) is 33.9 Å². The summed E-state index contributed by atoms with van der Waals surface area (Å²) in [6.07, 6.45) is 0. The Bertz CT molecular complexity index is 2220. The fourth-order valence-electron chi connectivity index (χ4n) is 6.14. The third kappa shape index (κ3) is 6.32. The molecule has 0 fully saturated rings. The number of hydrogen-bond donors (Lipinski definition) is 4. The molecule has 4 N–H and O–H groups in total. The van der Waals surface area contributed by atoms with E-state index < -0.39 is 0 Å². The van der Waals surface area contributed by atoms with Gasteiger partial charge in [-0.1, -0.05) is 53.7 Å². The van der Waals surface area contributed by atoms with Gasteiger partial charge in [-0.2, -0.15) is 0 Å². The van der Waals surface area contributed by atoms with Gasteiger partial charge >= 0.3 is 0 Å². The Hall–Kier alpha value is -5.90. The minimum atomic E-state index is -0.223. The van der Waals surface area contributed by atoms with Crippen LogP contribution in [-0.2, 0) is 10.8 Å². The second-order valence-corrected chi connectivity index (χ2v) is 15.1. The van der Waals surface area contributed by atoms with E-state index >= 15 is 0 Å². The summed E-state index contributed by atoms with van der Waals surface area (Å²) in [5.74, 6) is 0.387. The van der Waals surface area contributed by atoms with Gasteiger partial charge in [0.1, 0.15) is 44.9 Å². The van der Waals surface area contributed by atoms with Crippen molar-refractivity contribution in [1.82, 2.24) is 30.0 Å². The number of benzene rings is 5. The second kappa shape index (κ2) is 11.9. The molecule has 0 aliphatic rings. The minimum absolute atomic E-state index is 0.193. The van der Waals surface area contributed by atoms with Crippen molar-refractivity contribution >= 4 is 44.8 Å². The summed E-state index contributed by atoms with van der Waals surface area (Å²) in [6.45, 7) is 16.5. The van der Waals surface area contributed by atoms with Crippen LogP contribution in [0.3, 0.4) is 0 Å². The molecule has 5 aromatic carbocycles. The van der Waals surface area contributed by atoms with E-state index in [1.165, 1.54) is 9.59 Å². The molecule has 0 bridgehead atoms. The molecule has 0 saturated carbocycles. The molecule has 0 amide bonds. The molecule has 0 aliphatic carbocycles. The van der Waals surface area contributed by atoms with Gasteiger partial charge in [-0.25, -0.2) is 0 Å². The number of nitrogens with zero attached hydrogens (tertiary/aromatic N) is 6. The maximum Gasteiger partial charge on any atom is 0.146 e. The van der Waals surface area contributed by atoms with Crippen LogP contribution in [0.4, 0.5) is 22.7 Å². The third-order valence-electron chi connectivity index (χ3n) is 8.74. The van der Waals surface area contributed by atoms with Crippen LogP contribution < -0.4 is 10.6 Å². The van der Waals surface area contributed by atoms with Crippen LogP contribution in [-0.4, -0.2) is 40.2 Å². The molecule has 2 heterocycles. The number of aromatic hydroxyl groups is 2. The smallest absolute Gasteiger partial charge is 0.146 e. The lowest BCUT2D eigenvalue weighted by Gasteiger charge is -2.22. The number of hydrogen-bond acceptors (Lipinski definition) is 8. The third-order valence-corrected chi connectivity index (χ3v) is 8.74. The summed E-state index contributed by atoms with van der Waals surface area (Å²) in [4.78, 5) is 3.03. The number of nitrogens with one attached hydrogen (secondary N) is 2. The molecule has 7 rings (SSSR count). The topological polar surface area (TPSA) is 126 Å². The zero-order chi connectivity index (χ0) is 35.5. The molecule has 0 unspecified atom stereocenters. The number of phenolic OH excluding ortho intramolecular Hbond substituents is 2. The average molecular weight is 667 g/mol. The molecular formula is C40H42N8O2. The highest BCUT2D eigenvalue weighted by atomic mass is 16.3. The van der Waals surface area contributed by atoms with E-state index in [9.17, 15) is 10.2 Å². The predicted molar refractivity (Wildman–Crippen MR) is 201 cm³/mol. The van der Waals surface area contributed by atoms with Gasteiger partial charge < -0.3 is 20.8 Å². The molecule has 10 nitrogen and oxygen atoms in total. The fraction of sp³-hybridized carbons (Fsp3) is 0.250. The highest BCUT2D eigenvalue weighted by molar-refractivity contribution is 5.82. The normalized spacial score (nSPS) is 12.2. The van der Waals surface area contributed by atoms with Crippen molar-refractivity contribution in [3.05, 3.63) is 107 Å². The summed E-state index contributed by atoms with van der Waals surface area (Å²) in [6, 6.07) is 27.5. The van der Waals surface area contributed by atoms with E-state index in [-0.39, 0.29) is 22.3 Å². The maximum atomic E-state index is 11.1. The Balaban J connectivity index is 1.07. The van der Waals surface area contributed by atoms with E-state index in [2.05, 4.69) is 62.4 Å². The molecule has 254 valence electrons. The van der Waals surface area contributed by atoms with Gasteiger partial charge in [0.2, 0.25) is 0 Å². The Kier molecular flexibility index (Phi) is 7.77. The van der Waals surface area contributed by atoms with Gasteiger partial charge in [-0.15, -0.1) is 30.0 Å².